The number of rotatable bonds is 8. The van der Waals surface area contributed by atoms with Gasteiger partial charge in [0.15, 0.2) is 5.16 Å². The lowest BCUT2D eigenvalue weighted by Crippen LogP contribution is -2.53. The van der Waals surface area contributed by atoms with Crippen molar-refractivity contribution in [3.63, 3.8) is 0 Å². The second-order valence-corrected chi connectivity index (χ2v) is 8.28. The van der Waals surface area contributed by atoms with E-state index in [9.17, 15) is 24.5 Å². The van der Waals surface area contributed by atoms with Gasteiger partial charge in [0.1, 0.15) is 5.82 Å². The minimum Gasteiger partial charge on any atom is -0.334 e. The van der Waals surface area contributed by atoms with Crippen molar-refractivity contribution in [2.75, 3.05) is 11.1 Å². The molecule has 0 radical (unpaired) electrons. The zero-order valence-electron chi connectivity index (χ0n) is 17.6. The maximum atomic E-state index is 12.5. The molecule has 2 heterocycles. The van der Waals surface area contributed by atoms with Crippen molar-refractivity contribution in [3.05, 3.63) is 70.5 Å². The van der Waals surface area contributed by atoms with E-state index in [2.05, 4.69) is 26.1 Å². The molecule has 1 aliphatic rings. The number of nitrogens with zero attached hydrogens (tertiary/aromatic N) is 4. The van der Waals surface area contributed by atoms with Gasteiger partial charge in [0.2, 0.25) is 11.8 Å². The molecule has 0 spiro atoms. The van der Waals surface area contributed by atoms with Gasteiger partial charge < -0.3 is 10.6 Å². The first-order valence-electron chi connectivity index (χ1n) is 10.2. The van der Waals surface area contributed by atoms with E-state index >= 15 is 0 Å². The Labute approximate surface area is 197 Å². The minimum absolute atomic E-state index is 0.0176. The molecule has 13 heteroatoms. The molecular formula is C21H19N7O5S. The normalized spacial score (nSPS) is 15.4. The molecule has 2 aromatic carbocycles. The van der Waals surface area contributed by atoms with Crippen LogP contribution in [0.15, 0.2) is 59.8 Å². The number of hydrogen-bond acceptors (Lipinski definition) is 8. The molecule has 1 aromatic heterocycles. The van der Waals surface area contributed by atoms with Gasteiger partial charge in [0.25, 0.3) is 5.69 Å². The van der Waals surface area contributed by atoms with Crippen LogP contribution < -0.4 is 16.0 Å². The van der Waals surface area contributed by atoms with Crippen LogP contribution in [0.5, 0.6) is 0 Å². The lowest BCUT2D eigenvalue weighted by atomic mass is 10.1. The highest BCUT2D eigenvalue weighted by molar-refractivity contribution is 7.99. The number of hydrogen-bond donors (Lipinski definition) is 3. The van der Waals surface area contributed by atoms with Gasteiger partial charge in [-0.2, -0.15) is 0 Å². The Morgan fingerprint density at radius 3 is 2.71 bits per heavy atom. The molecule has 34 heavy (non-hydrogen) atoms. The molecule has 4 amide bonds. The fourth-order valence-electron chi connectivity index (χ4n) is 3.40. The largest absolute Gasteiger partial charge is 0.334 e. The number of thioether (sulfide) groups is 1. The summed E-state index contributed by atoms with van der Waals surface area (Å²) in [5.74, 6) is -0.235. The fourth-order valence-corrected chi connectivity index (χ4v) is 4.18. The molecule has 0 bridgehead atoms. The Bertz CT molecular complexity index is 1230. The number of amides is 4. The predicted molar refractivity (Wildman–Crippen MR) is 123 cm³/mol. The zero-order valence-corrected chi connectivity index (χ0v) is 18.4. The number of carbonyl (C=O) groups is 3. The van der Waals surface area contributed by atoms with E-state index in [0.717, 1.165) is 17.4 Å². The van der Waals surface area contributed by atoms with Crippen molar-refractivity contribution in [2.45, 2.75) is 24.0 Å². The molecular weight excluding hydrogens is 462 g/mol. The number of nitrogens with one attached hydrogen (secondary N) is 3. The number of carbonyl (C=O) groups excluding carboxylic acids is 3. The maximum Gasteiger partial charge on any atom is 0.321 e. The molecule has 1 fully saturated rings. The second kappa shape index (κ2) is 10.1. The van der Waals surface area contributed by atoms with Gasteiger partial charge in [-0.15, -0.1) is 10.2 Å². The smallest absolute Gasteiger partial charge is 0.321 e. The third kappa shape index (κ3) is 5.56. The van der Waals surface area contributed by atoms with E-state index in [1.54, 1.807) is 10.6 Å². The average Bonchev–Trinajstić information content (AvgIpc) is 3.20. The van der Waals surface area contributed by atoms with E-state index in [-0.39, 0.29) is 36.1 Å². The third-order valence-corrected chi connectivity index (χ3v) is 5.77. The van der Waals surface area contributed by atoms with Gasteiger partial charge in [0.05, 0.1) is 10.7 Å². The van der Waals surface area contributed by atoms with Crippen molar-refractivity contribution in [2.24, 2.45) is 0 Å². The van der Waals surface area contributed by atoms with E-state index in [4.69, 9.17) is 0 Å². The summed E-state index contributed by atoms with van der Waals surface area (Å²) in [7, 11) is 0. The van der Waals surface area contributed by atoms with Crippen LogP contribution in [0.2, 0.25) is 0 Å². The number of urea groups is 1. The predicted octanol–water partition coefficient (Wildman–Crippen LogP) is 2.05. The van der Waals surface area contributed by atoms with E-state index in [0.29, 0.717) is 16.7 Å². The van der Waals surface area contributed by atoms with Gasteiger partial charge >= 0.3 is 6.03 Å². The molecule has 1 unspecified atom stereocenters. The molecule has 0 saturated carbocycles. The average molecular weight is 481 g/mol. The van der Waals surface area contributed by atoms with Crippen LogP contribution >= 0.6 is 11.8 Å². The third-order valence-electron chi connectivity index (χ3n) is 4.84. The van der Waals surface area contributed by atoms with E-state index < -0.39 is 17.0 Å². The van der Waals surface area contributed by atoms with Crippen LogP contribution in [0.1, 0.15) is 12.2 Å². The van der Waals surface area contributed by atoms with Crippen molar-refractivity contribution in [3.8, 4) is 5.69 Å². The van der Waals surface area contributed by atoms with Crippen LogP contribution in [0.25, 0.3) is 5.69 Å². The fraction of sp³-hybridized carbons (Fsp3) is 0.190. The Morgan fingerprint density at radius 1 is 1.18 bits per heavy atom. The summed E-state index contributed by atoms with van der Waals surface area (Å²) in [5.41, 5.74) is 0.953. The quantitative estimate of drug-likeness (QED) is 0.250. The Hall–Kier alpha value is -4.26. The number of aromatic nitrogens is 3. The SMILES string of the molecule is O=C1CC(Cc2nnc(SCC(=O)Nc3cccc([N+](=O)[O-])c3)n2-c2ccccc2)NC(=O)N1. The topological polar surface area (TPSA) is 161 Å². The molecule has 3 aromatic rings. The van der Waals surface area contributed by atoms with Crippen molar-refractivity contribution < 1.29 is 19.3 Å². The molecule has 174 valence electrons. The molecule has 1 atom stereocenters. The highest BCUT2D eigenvalue weighted by Gasteiger charge is 2.27. The lowest BCUT2D eigenvalue weighted by molar-refractivity contribution is -0.384. The van der Waals surface area contributed by atoms with E-state index in [1.165, 1.54) is 18.2 Å². The maximum absolute atomic E-state index is 12.5. The molecule has 1 aliphatic heterocycles. The summed E-state index contributed by atoms with van der Waals surface area (Å²) in [4.78, 5) is 46.2. The van der Waals surface area contributed by atoms with Crippen LogP contribution in [0, 0.1) is 10.1 Å². The summed E-state index contributed by atoms with van der Waals surface area (Å²) >= 11 is 1.14. The van der Waals surface area contributed by atoms with Gasteiger partial charge in [0, 0.05) is 42.4 Å². The summed E-state index contributed by atoms with van der Waals surface area (Å²) in [6, 6.07) is 13.9. The zero-order chi connectivity index (χ0) is 24.1. The molecule has 12 nitrogen and oxygen atoms in total. The number of nitro groups is 1. The summed E-state index contributed by atoms with van der Waals surface area (Å²) in [6.07, 6.45) is 0.378. The van der Waals surface area contributed by atoms with Gasteiger partial charge in [-0.05, 0) is 18.2 Å². The first-order chi connectivity index (χ1) is 16.4. The Balaban J connectivity index is 1.49. The number of para-hydroxylation sites is 1. The van der Waals surface area contributed by atoms with Crippen molar-refractivity contribution in [1.29, 1.82) is 0 Å². The number of imide groups is 1. The number of non-ortho nitro benzene ring substituents is 1. The Morgan fingerprint density at radius 2 is 1.97 bits per heavy atom. The standard InChI is InChI=1S/C21H19N7O5S/c29-18-11-14(23-20(31)24-18)10-17-25-26-21(27(17)15-6-2-1-3-7-15)34-12-19(30)22-13-5-4-8-16(9-13)28(32)33/h1-9,14H,10-12H2,(H,22,30)(H2,23,24,29,31). The number of nitro benzene ring substituents is 1. The number of benzene rings is 2. The monoisotopic (exact) mass is 481 g/mol. The van der Waals surface area contributed by atoms with E-state index in [1.807, 2.05) is 30.3 Å². The molecule has 4 rings (SSSR count). The van der Waals surface area contributed by atoms with Crippen LogP contribution in [-0.4, -0.2) is 49.3 Å². The van der Waals surface area contributed by atoms with Crippen LogP contribution in [0.3, 0.4) is 0 Å². The summed E-state index contributed by atoms with van der Waals surface area (Å²) in [6.45, 7) is 0. The van der Waals surface area contributed by atoms with Gasteiger partial charge in [-0.3, -0.25) is 29.6 Å². The summed E-state index contributed by atoms with van der Waals surface area (Å²) < 4.78 is 1.77. The first-order valence-corrected chi connectivity index (χ1v) is 11.1. The minimum atomic E-state index is -0.556. The molecule has 3 N–H and O–H groups in total. The van der Waals surface area contributed by atoms with Crippen molar-refractivity contribution in [1.82, 2.24) is 25.4 Å². The highest BCUT2D eigenvalue weighted by atomic mass is 32.2. The van der Waals surface area contributed by atoms with Crippen LogP contribution in [-0.2, 0) is 16.0 Å². The lowest BCUT2D eigenvalue weighted by Gasteiger charge is -2.23. The first kappa shape index (κ1) is 22.9. The second-order valence-electron chi connectivity index (χ2n) is 7.34. The Kier molecular flexibility index (Phi) is 6.82. The molecule has 0 aliphatic carbocycles. The van der Waals surface area contributed by atoms with Crippen LogP contribution in [0.4, 0.5) is 16.2 Å². The molecule has 1 saturated heterocycles. The van der Waals surface area contributed by atoms with Crippen molar-refractivity contribution >= 4 is 41.0 Å². The summed E-state index contributed by atoms with van der Waals surface area (Å²) in [5, 5.41) is 27.3. The van der Waals surface area contributed by atoms with Gasteiger partial charge in [-0.25, -0.2) is 4.79 Å². The highest BCUT2D eigenvalue weighted by Crippen LogP contribution is 2.24. The van der Waals surface area contributed by atoms with Gasteiger partial charge in [-0.1, -0.05) is 36.0 Å². The number of anilines is 1.